The van der Waals surface area contributed by atoms with Gasteiger partial charge in [0.05, 0.1) is 4.43 Å². The first-order chi connectivity index (χ1) is 10.6. The molecule has 6 nitrogen and oxygen atoms in total. The van der Waals surface area contributed by atoms with Crippen LogP contribution in [-0.4, -0.2) is 26.9 Å². The molecule has 1 aliphatic carbocycles. The van der Waals surface area contributed by atoms with Crippen LogP contribution in [0.15, 0.2) is 24.3 Å². The van der Waals surface area contributed by atoms with Crippen LogP contribution in [0.2, 0.25) is 0 Å². The van der Waals surface area contributed by atoms with Crippen LogP contribution < -0.4 is 4.43 Å². The van der Waals surface area contributed by atoms with Crippen LogP contribution in [0.1, 0.15) is 43.5 Å². The second-order valence-corrected chi connectivity index (χ2v) is 5.85. The van der Waals surface area contributed by atoms with E-state index < -0.39 is 0 Å². The SMILES string of the molecule is Cc1c(C=[N+]([O-])C2CCCCC2)[n+](=O)c2ccccc2n1O. The van der Waals surface area contributed by atoms with Crippen molar-refractivity contribution in [1.82, 2.24) is 4.73 Å². The lowest BCUT2D eigenvalue weighted by Gasteiger charge is -2.20. The molecule has 22 heavy (non-hydrogen) atoms. The van der Waals surface area contributed by atoms with E-state index in [0.717, 1.165) is 41.6 Å². The molecule has 1 aromatic heterocycles. The summed E-state index contributed by atoms with van der Waals surface area (Å²) in [6.45, 7) is 1.63. The number of hydroxylamine groups is 1. The van der Waals surface area contributed by atoms with Gasteiger partial charge in [0, 0.05) is 23.8 Å². The van der Waals surface area contributed by atoms with E-state index in [2.05, 4.69) is 0 Å². The molecule has 1 N–H and O–H groups in total. The minimum atomic E-state index is -0.0771. The summed E-state index contributed by atoms with van der Waals surface area (Å²) >= 11 is 0. The van der Waals surface area contributed by atoms with Crippen molar-refractivity contribution in [2.45, 2.75) is 45.1 Å². The van der Waals surface area contributed by atoms with E-state index in [9.17, 15) is 15.3 Å². The van der Waals surface area contributed by atoms with Gasteiger partial charge in [0.25, 0.3) is 11.7 Å². The first kappa shape index (κ1) is 14.6. The third-order valence-electron chi connectivity index (χ3n) is 4.42. The van der Waals surface area contributed by atoms with Crippen molar-refractivity contribution >= 4 is 17.2 Å². The Morgan fingerprint density at radius 1 is 1.32 bits per heavy atom. The molecule has 3 rings (SSSR count). The molecule has 1 heterocycles. The Kier molecular flexibility index (Phi) is 3.83. The van der Waals surface area contributed by atoms with E-state index >= 15 is 0 Å². The zero-order valence-corrected chi connectivity index (χ0v) is 12.6. The van der Waals surface area contributed by atoms with Gasteiger partial charge >= 0.3 is 5.69 Å². The quantitative estimate of drug-likeness (QED) is 0.304. The molecule has 0 radical (unpaired) electrons. The van der Waals surface area contributed by atoms with Crippen molar-refractivity contribution in [2.75, 3.05) is 0 Å². The lowest BCUT2D eigenvalue weighted by atomic mass is 9.96. The average molecular weight is 302 g/mol. The fourth-order valence-corrected chi connectivity index (χ4v) is 3.09. The normalized spacial score (nSPS) is 17.0. The summed E-state index contributed by atoms with van der Waals surface area (Å²) in [5, 5.41) is 22.5. The van der Waals surface area contributed by atoms with Gasteiger partial charge in [-0.15, -0.1) is 0 Å². The zero-order chi connectivity index (χ0) is 15.7. The summed E-state index contributed by atoms with van der Waals surface area (Å²) in [5.41, 5.74) is 1.29. The molecule has 1 saturated carbocycles. The lowest BCUT2D eigenvalue weighted by Crippen LogP contribution is -2.32. The molecule has 0 amide bonds. The third-order valence-corrected chi connectivity index (χ3v) is 4.42. The van der Waals surface area contributed by atoms with Gasteiger partial charge in [-0.05, 0) is 25.8 Å². The van der Waals surface area contributed by atoms with Crippen molar-refractivity contribution < 1.29 is 14.4 Å². The van der Waals surface area contributed by atoms with Crippen LogP contribution in [-0.2, 0) is 0 Å². The van der Waals surface area contributed by atoms with E-state index in [-0.39, 0.29) is 11.7 Å². The molecule has 0 saturated heterocycles. The molecular weight excluding hydrogens is 282 g/mol. The topological polar surface area (TPSA) is 74.2 Å². The average Bonchev–Trinajstić information content (AvgIpc) is 2.57. The van der Waals surface area contributed by atoms with Crippen LogP contribution >= 0.6 is 0 Å². The highest BCUT2D eigenvalue weighted by molar-refractivity contribution is 5.77. The zero-order valence-electron chi connectivity index (χ0n) is 12.6. The fraction of sp³-hybridized carbons (Fsp3) is 0.438. The molecule has 0 atom stereocenters. The predicted molar refractivity (Wildman–Crippen MR) is 82.9 cm³/mol. The first-order valence-electron chi connectivity index (χ1n) is 7.66. The van der Waals surface area contributed by atoms with Crippen molar-refractivity contribution in [1.29, 1.82) is 0 Å². The summed E-state index contributed by atoms with van der Waals surface area (Å²) in [4.78, 5) is 12.5. The van der Waals surface area contributed by atoms with E-state index in [1.54, 1.807) is 31.2 Å². The maximum absolute atomic E-state index is 12.5. The van der Waals surface area contributed by atoms with Crippen molar-refractivity contribution in [3.05, 3.63) is 45.8 Å². The maximum Gasteiger partial charge on any atom is 0.349 e. The van der Waals surface area contributed by atoms with E-state index in [4.69, 9.17) is 0 Å². The largest absolute Gasteiger partial charge is 0.623 e. The molecule has 1 aliphatic rings. The second kappa shape index (κ2) is 5.79. The van der Waals surface area contributed by atoms with Crippen LogP contribution in [0.25, 0.3) is 11.0 Å². The van der Waals surface area contributed by atoms with E-state index in [0.29, 0.717) is 21.2 Å². The summed E-state index contributed by atoms with van der Waals surface area (Å²) < 4.78 is 2.56. The van der Waals surface area contributed by atoms with E-state index in [1.165, 1.54) is 6.21 Å². The van der Waals surface area contributed by atoms with Crippen molar-refractivity contribution in [3.63, 3.8) is 0 Å². The van der Waals surface area contributed by atoms with Gasteiger partial charge < -0.3 is 10.4 Å². The van der Waals surface area contributed by atoms with Crippen LogP contribution in [0.3, 0.4) is 0 Å². The Morgan fingerprint density at radius 3 is 2.73 bits per heavy atom. The number of fused-ring (bicyclic) bond motifs is 1. The Bertz CT molecular complexity index is 789. The molecule has 0 spiro atoms. The highest BCUT2D eigenvalue weighted by atomic mass is 16.5. The molecule has 1 aromatic carbocycles. The standard InChI is InChI=1S/C16H20N3O3/c1-12-16(11-17(20)13-7-3-2-4-8-13)19(22)15-10-6-5-9-14(15)18(12)21/h5-6,9-11,13,21H,2-4,7-8H2,1H3/q+1. The van der Waals surface area contributed by atoms with Crippen molar-refractivity contribution in [3.8, 4) is 0 Å². The number of para-hydroxylation sites is 2. The Hall–Kier alpha value is -2.37. The molecule has 2 aromatic rings. The first-order valence-corrected chi connectivity index (χ1v) is 7.66. The molecule has 1 fully saturated rings. The van der Waals surface area contributed by atoms with Gasteiger partial charge in [-0.25, -0.2) is 4.74 Å². The summed E-state index contributed by atoms with van der Waals surface area (Å²) in [6.07, 6.45) is 6.28. The molecule has 6 heteroatoms. The Labute approximate surface area is 128 Å². The maximum atomic E-state index is 12.5. The van der Waals surface area contributed by atoms with Gasteiger partial charge in [0.15, 0.2) is 11.6 Å². The smallest absolute Gasteiger partial charge is 0.349 e. The van der Waals surface area contributed by atoms with Gasteiger partial charge in [-0.3, -0.25) is 0 Å². The lowest BCUT2D eigenvalue weighted by molar-refractivity contribution is -0.512. The number of benzene rings is 1. The van der Waals surface area contributed by atoms with Gasteiger partial charge in [0.2, 0.25) is 0 Å². The van der Waals surface area contributed by atoms with Gasteiger partial charge in [-0.2, -0.15) is 4.73 Å². The highest BCUT2D eigenvalue weighted by Gasteiger charge is 2.26. The summed E-state index contributed by atoms with van der Waals surface area (Å²) in [7, 11) is 0. The highest BCUT2D eigenvalue weighted by Crippen LogP contribution is 2.20. The minimum Gasteiger partial charge on any atom is -0.623 e. The molecular formula is C16H20N3O3+. The predicted octanol–water partition coefficient (Wildman–Crippen LogP) is 2.36. The second-order valence-electron chi connectivity index (χ2n) is 5.85. The fourth-order valence-electron chi connectivity index (χ4n) is 3.09. The number of nitrogens with zero attached hydrogens (tertiary/aromatic N) is 3. The van der Waals surface area contributed by atoms with Crippen LogP contribution in [0.5, 0.6) is 0 Å². The monoisotopic (exact) mass is 302 g/mol. The third kappa shape index (κ3) is 2.45. The minimum absolute atomic E-state index is 0.0771. The molecule has 0 bridgehead atoms. The van der Waals surface area contributed by atoms with Gasteiger partial charge in [-0.1, -0.05) is 18.6 Å². The molecule has 116 valence electrons. The number of aromatic nitrogens is 2. The summed E-state index contributed by atoms with van der Waals surface area (Å²) in [5.74, 6) is 0. The van der Waals surface area contributed by atoms with E-state index in [1.807, 2.05) is 0 Å². The molecule has 0 aliphatic heterocycles. The number of hydrogen-bond acceptors (Lipinski definition) is 3. The van der Waals surface area contributed by atoms with Crippen LogP contribution in [0, 0.1) is 17.0 Å². The Balaban J connectivity index is 2.12. The summed E-state index contributed by atoms with van der Waals surface area (Å²) in [6, 6.07) is 6.69. The van der Waals surface area contributed by atoms with Gasteiger partial charge in [0.1, 0.15) is 5.69 Å². The molecule has 0 unspecified atom stereocenters. The van der Waals surface area contributed by atoms with Crippen LogP contribution in [0.4, 0.5) is 0 Å². The Morgan fingerprint density at radius 2 is 2.00 bits per heavy atom. The number of hydrogen-bond donors (Lipinski definition) is 1. The van der Waals surface area contributed by atoms with Crippen molar-refractivity contribution in [2.24, 2.45) is 0 Å². The number of rotatable bonds is 2.